The molecule has 1 aliphatic heterocycles. The number of hydrogen-bond acceptors (Lipinski definition) is 7. The van der Waals surface area contributed by atoms with Crippen molar-refractivity contribution >= 4 is 23.1 Å². The molecular weight excluding hydrogens is 488 g/mol. The van der Waals surface area contributed by atoms with E-state index in [1.165, 1.54) is 6.07 Å². The summed E-state index contributed by atoms with van der Waals surface area (Å²) in [7, 11) is 0. The third kappa shape index (κ3) is 7.22. The van der Waals surface area contributed by atoms with Crippen LogP contribution in [0.5, 0.6) is 0 Å². The minimum atomic E-state index is -4.41. The van der Waals surface area contributed by atoms with Gasteiger partial charge in [-0.25, -0.2) is 9.37 Å². The van der Waals surface area contributed by atoms with Gasteiger partial charge in [0.25, 0.3) is 5.95 Å². The van der Waals surface area contributed by atoms with Crippen LogP contribution in [-0.4, -0.2) is 36.3 Å². The fourth-order valence-electron chi connectivity index (χ4n) is 4.00. The lowest BCUT2D eigenvalue weighted by Crippen LogP contribution is -2.37. The highest BCUT2D eigenvalue weighted by Crippen LogP contribution is 2.32. The minimum absolute atomic E-state index is 0.0659. The van der Waals surface area contributed by atoms with Crippen LogP contribution in [0.4, 0.5) is 40.7 Å². The molecule has 0 amide bonds. The van der Waals surface area contributed by atoms with Crippen molar-refractivity contribution in [2.24, 2.45) is 16.1 Å². The summed E-state index contributed by atoms with van der Waals surface area (Å²) in [6.07, 6.45) is -2.58. The first-order chi connectivity index (χ1) is 17.7. The Hall–Kier alpha value is -3.60. The third-order valence-electron chi connectivity index (χ3n) is 5.74. The third-order valence-corrected chi connectivity index (χ3v) is 5.74. The number of halogens is 4. The Balaban J connectivity index is 1.50. The van der Waals surface area contributed by atoms with Gasteiger partial charge in [0.2, 0.25) is 0 Å². The first kappa shape index (κ1) is 26.5. The highest BCUT2D eigenvalue weighted by Gasteiger charge is 2.30. The number of azo groups is 1. The molecule has 3 aromatic rings. The van der Waals surface area contributed by atoms with Gasteiger partial charge in [-0.05, 0) is 53.8 Å². The molecule has 1 fully saturated rings. The molecule has 1 aromatic heterocycles. The Kier molecular flexibility index (Phi) is 8.32. The number of ether oxygens (including phenoxy) is 1. The molecule has 11 heteroatoms. The Morgan fingerprint density at radius 1 is 1.05 bits per heavy atom. The molecule has 2 aromatic carbocycles. The number of alkyl halides is 3. The number of hydrogen-bond donors (Lipinski definition) is 1. The molecule has 1 aliphatic rings. The SMILES string of the molecule is CC(C)Cc1cc(Nc2cccc(C(F)(F)F)c2)ccc1CN=Nc1ncc(F)c(N2CCOCC2)n1. The second kappa shape index (κ2) is 11.6. The highest BCUT2D eigenvalue weighted by molar-refractivity contribution is 5.62. The second-order valence-corrected chi connectivity index (χ2v) is 9.13. The lowest BCUT2D eigenvalue weighted by molar-refractivity contribution is -0.137. The van der Waals surface area contributed by atoms with Gasteiger partial charge in [0, 0.05) is 24.5 Å². The molecule has 0 bridgehead atoms. The van der Waals surface area contributed by atoms with Crippen molar-refractivity contribution in [3.05, 3.63) is 71.2 Å². The zero-order valence-corrected chi connectivity index (χ0v) is 20.6. The molecule has 37 heavy (non-hydrogen) atoms. The predicted molar refractivity (Wildman–Crippen MR) is 133 cm³/mol. The Morgan fingerprint density at radius 2 is 1.81 bits per heavy atom. The molecule has 0 radical (unpaired) electrons. The van der Waals surface area contributed by atoms with Gasteiger partial charge < -0.3 is 15.0 Å². The number of anilines is 3. The van der Waals surface area contributed by atoms with Gasteiger partial charge in [-0.2, -0.15) is 23.3 Å². The fraction of sp³-hybridized carbons (Fsp3) is 0.385. The molecule has 0 spiro atoms. The van der Waals surface area contributed by atoms with Crippen LogP contribution in [-0.2, 0) is 23.9 Å². The summed E-state index contributed by atoms with van der Waals surface area (Å²) in [6, 6.07) is 10.7. The number of aromatic nitrogens is 2. The normalized spacial score (nSPS) is 14.5. The van der Waals surface area contributed by atoms with Crippen molar-refractivity contribution < 1.29 is 22.3 Å². The maximum absolute atomic E-state index is 14.2. The number of nitrogens with zero attached hydrogens (tertiary/aromatic N) is 5. The molecule has 0 unspecified atom stereocenters. The minimum Gasteiger partial charge on any atom is -0.378 e. The van der Waals surface area contributed by atoms with E-state index in [0.717, 1.165) is 35.9 Å². The van der Waals surface area contributed by atoms with Crippen LogP contribution >= 0.6 is 0 Å². The summed E-state index contributed by atoms with van der Waals surface area (Å²) in [5.41, 5.74) is 2.23. The first-order valence-electron chi connectivity index (χ1n) is 12.0. The van der Waals surface area contributed by atoms with Crippen molar-refractivity contribution in [1.29, 1.82) is 0 Å². The lowest BCUT2D eigenvalue weighted by atomic mass is 9.97. The molecule has 1 saturated heterocycles. The van der Waals surface area contributed by atoms with E-state index in [0.29, 0.717) is 43.6 Å². The van der Waals surface area contributed by atoms with Crippen LogP contribution in [0.25, 0.3) is 0 Å². The topological polar surface area (TPSA) is 75.0 Å². The van der Waals surface area contributed by atoms with Gasteiger partial charge in [-0.1, -0.05) is 26.0 Å². The number of nitrogens with one attached hydrogen (secondary N) is 1. The maximum atomic E-state index is 14.2. The summed E-state index contributed by atoms with van der Waals surface area (Å²) in [5.74, 6) is 0.0637. The number of rotatable bonds is 8. The van der Waals surface area contributed by atoms with Gasteiger partial charge in [-0.3, -0.25) is 0 Å². The maximum Gasteiger partial charge on any atom is 0.416 e. The smallest absolute Gasteiger partial charge is 0.378 e. The van der Waals surface area contributed by atoms with Gasteiger partial charge in [0.1, 0.15) is 0 Å². The van der Waals surface area contributed by atoms with Crippen molar-refractivity contribution in [3.8, 4) is 0 Å². The van der Waals surface area contributed by atoms with E-state index in [1.54, 1.807) is 17.0 Å². The molecule has 1 N–H and O–H groups in total. The summed E-state index contributed by atoms with van der Waals surface area (Å²) >= 11 is 0. The molecule has 7 nitrogen and oxygen atoms in total. The van der Waals surface area contributed by atoms with Crippen LogP contribution in [0.2, 0.25) is 0 Å². The summed E-state index contributed by atoms with van der Waals surface area (Å²) in [5, 5.41) is 11.4. The number of benzene rings is 2. The van der Waals surface area contributed by atoms with Gasteiger partial charge in [0.05, 0.1) is 31.5 Å². The first-order valence-corrected chi connectivity index (χ1v) is 12.0. The number of morpholine rings is 1. The van der Waals surface area contributed by atoms with Gasteiger partial charge in [0.15, 0.2) is 11.6 Å². The molecular formula is C26H28F4N6O. The van der Waals surface area contributed by atoms with Gasteiger partial charge in [-0.15, -0.1) is 5.11 Å². The van der Waals surface area contributed by atoms with E-state index in [1.807, 2.05) is 12.1 Å². The van der Waals surface area contributed by atoms with Crippen molar-refractivity contribution in [3.63, 3.8) is 0 Å². The van der Waals surface area contributed by atoms with Crippen molar-refractivity contribution in [2.45, 2.75) is 33.0 Å². The summed E-state index contributed by atoms with van der Waals surface area (Å²) in [6.45, 7) is 6.47. The Bertz CT molecular complexity index is 1240. The summed E-state index contributed by atoms with van der Waals surface area (Å²) in [4.78, 5) is 9.93. The highest BCUT2D eigenvalue weighted by atomic mass is 19.4. The van der Waals surface area contributed by atoms with Crippen LogP contribution in [0.15, 0.2) is 58.9 Å². The van der Waals surface area contributed by atoms with Crippen molar-refractivity contribution in [2.75, 3.05) is 36.5 Å². The predicted octanol–water partition coefficient (Wildman–Crippen LogP) is 6.70. The van der Waals surface area contributed by atoms with Crippen LogP contribution in [0.1, 0.15) is 30.5 Å². The molecule has 196 valence electrons. The zero-order valence-electron chi connectivity index (χ0n) is 20.6. The monoisotopic (exact) mass is 516 g/mol. The molecule has 0 aliphatic carbocycles. The van der Waals surface area contributed by atoms with E-state index < -0.39 is 17.6 Å². The van der Waals surface area contributed by atoms with E-state index in [9.17, 15) is 17.6 Å². The van der Waals surface area contributed by atoms with E-state index in [4.69, 9.17) is 4.74 Å². The Morgan fingerprint density at radius 3 is 2.54 bits per heavy atom. The lowest BCUT2D eigenvalue weighted by Gasteiger charge is -2.27. The average molecular weight is 517 g/mol. The molecule has 2 heterocycles. The van der Waals surface area contributed by atoms with Crippen LogP contribution < -0.4 is 10.2 Å². The van der Waals surface area contributed by atoms with E-state index >= 15 is 0 Å². The van der Waals surface area contributed by atoms with Gasteiger partial charge >= 0.3 is 6.18 Å². The Labute approximate surface area is 212 Å². The molecule has 4 rings (SSSR count). The molecule has 0 saturated carbocycles. The van der Waals surface area contributed by atoms with E-state index in [-0.39, 0.29) is 18.3 Å². The van der Waals surface area contributed by atoms with Crippen molar-refractivity contribution in [1.82, 2.24) is 9.97 Å². The zero-order chi connectivity index (χ0) is 26.4. The average Bonchev–Trinajstić information content (AvgIpc) is 2.86. The molecule has 0 atom stereocenters. The second-order valence-electron chi connectivity index (χ2n) is 9.13. The largest absolute Gasteiger partial charge is 0.416 e. The standard InChI is InChI=1S/C26H28F4N6O/c1-17(2)12-19-13-22(33-21-5-3-4-20(14-21)26(28,29)30)7-6-18(19)15-32-35-25-31-16-23(27)24(34-25)36-8-10-37-11-9-36/h3-7,13-14,16-17,33H,8-12,15H2,1-2H3. The quantitative estimate of drug-likeness (QED) is 0.267. The van der Waals surface area contributed by atoms with Crippen LogP contribution in [0, 0.1) is 11.7 Å². The summed E-state index contributed by atoms with van der Waals surface area (Å²) < 4.78 is 58.7. The van der Waals surface area contributed by atoms with Crippen LogP contribution in [0.3, 0.4) is 0 Å². The van der Waals surface area contributed by atoms with E-state index in [2.05, 4.69) is 39.4 Å². The fourth-order valence-corrected chi connectivity index (χ4v) is 4.00.